The van der Waals surface area contributed by atoms with Crippen LogP contribution in [0.5, 0.6) is 0 Å². The van der Waals surface area contributed by atoms with Gasteiger partial charge in [0.05, 0.1) is 0 Å². The molecule has 0 fully saturated rings. The summed E-state index contributed by atoms with van der Waals surface area (Å²) in [5.41, 5.74) is 1.30. The summed E-state index contributed by atoms with van der Waals surface area (Å²) < 4.78 is 0. The Morgan fingerprint density at radius 2 is 1.09 bits per heavy atom. The van der Waals surface area contributed by atoms with Crippen molar-refractivity contribution in [1.82, 2.24) is 0 Å². The molecule has 0 bridgehead atoms. The molecule has 1 aromatic rings. The van der Waals surface area contributed by atoms with Gasteiger partial charge in [-0.3, -0.25) is 0 Å². The molecule has 0 unspecified atom stereocenters. The maximum atomic E-state index is 9.53. The molecule has 0 heterocycles. The van der Waals surface area contributed by atoms with Gasteiger partial charge in [0.15, 0.2) is 0 Å². The van der Waals surface area contributed by atoms with Crippen molar-refractivity contribution < 1.29 is 42.1 Å². The van der Waals surface area contributed by atoms with Crippen LogP contribution in [0.15, 0.2) is 30.3 Å². The van der Waals surface area contributed by atoms with Crippen LogP contribution in [-0.4, -0.2) is 30.0 Å². The fourth-order valence-electron chi connectivity index (χ4n) is 0.928. The van der Waals surface area contributed by atoms with Gasteiger partial charge in [-0.15, -0.1) is 18.3 Å². The maximum Gasteiger partial charge on any atom is 3.00 e. The summed E-state index contributed by atoms with van der Waals surface area (Å²) in [5.74, 6) is 0. The molecule has 1 N–H and O–H groups in total. The van der Waals surface area contributed by atoms with E-state index < -0.39 is 18.3 Å². The Balaban J connectivity index is -0.000000118. The molecular formula is C18H33O4Ti. The SMILES string of the molecule is CC(C)[O-].CC(C)[O-].CC(C)[O-].OCCCc1ccccc1.[Ti+3]. The first kappa shape index (κ1) is 30.6. The zero-order chi connectivity index (χ0) is 18.0. The van der Waals surface area contributed by atoms with E-state index in [1.807, 2.05) is 18.2 Å². The van der Waals surface area contributed by atoms with Crippen LogP contribution in [0, 0.1) is 0 Å². The van der Waals surface area contributed by atoms with Gasteiger partial charge in [-0.2, -0.15) is 0 Å². The van der Waals surface area contributed by atoms with Gasteiger partial charge in [0.25, 0.3) is 0 Å². The molecule has 1 radical (unpaired) electrons. The molecule has 23 heavy (non-hydrogen) atoms. The van der Waals surface area contributed by atoms with Crippen molar-refractivity contribution in [2.75, 3.05) is 6.61 Å². The Bertz CT molecular complexity index is 268. The first-order valence-electron chi connectivity index (χ1n) is 7.75. The van der Waals surface area contributed by atoms with Gasteiger partial charge in [0.2, 0.25) is 0 Å². The molecule has 0 saturated heterocycles. The molecule has 0 atom stereocenters. The van der Waals surface area contributed by atoms with Crippen LogP contribution in [0.3, 0.4) is 0 Å². The van der Waals surface area contributed by atoms with E-state index in [2.05, 4.69) is 12.1 Å². The van der Waals surface area contributed by atoms with Gasteiger partial charge in [-0.25, -0.2) is 0 Å². The topological polar surface area (TPSA) is 89.4 Å². The molecule has 0 aliphatic carbocycles. The van der Waals surface area contributed by atoms with Crippen LogP contribution < -0.4 is 15.3 Å². The third-order valence-electron chi connectivity index (χ3n) is 1.47. The van der Waals surface area contributed by atoms with E-state index in [-0.39, 0.29) is 28.3 Å². The van der Waals surface area contributed by atoms with Crippen LogP contribution >= 0.6 is 0 Å². The molecular weight excluding hydrogens is 328 g/mol. The second kappa shape index (κ2) is 24.0. The number of hydrogen-bond donors (Lipinski definition) is 1. The zero-order valence-electron chi connectivity index (χ0n) is 15.4. The van der Waals surface area contributed by atoms with E-state index in [9.17, 15) is 15.3 Å². The van der Waals surface area contributed by atoms with Gasteiger partial charge < -0.3 is 20.4 Å². The Morgan fingerprint density at radius 3 is 1.35 bits per heavy atom. The minimum Gasteiger partial charge on any atom is -0.852 e. The van der Waals surface area contributed by atoms with Crippen LogP contribution in [0.25, 0.3) is 0 Å². The Kier molecular flexibility index (Phi) is 32.0. The second-order valence-electron chi connectivity index (χ2n) is 5.46. The third kappa shape index (κ3) is 61.4. The van der Waals surface area contributed by atoms with Crippen molar-refractivity contribution in [2.24, 2.45) is 0 Å². The van der Waals surface area contributed by atoms with Crippen molar-refractivity contribution in [3.8, 4) is 0 Å². The number of aliphatic hydroxyl groups is 1. The molecule has 0 aliphatic rings. The van der Waals surface area contributed by atoms with Crippen LogP contribution in [-0.2, 0) is 28.1 Å². The van der Waals surface area contributed by atoms with Gasteiger partial charge in [-0.1, -0.05) is 71.9 Å². The van der Waals surface area contributed by atoms with E-state index >= 15 is 0 Å². The molecule has 1 aromatic carbocycles. The maximum absolute atomic E-state index is 9.53. The van der Waals surface area contributed by atoms with Gasteiger partial charge in [0, 0.05) is 6.61 Å². The average Bonchev–Trinajstić information content (AvgIpc) is 2.35. The zero-order valence-corrected chi connectivity index (χ0v) is 17.0. The van der Waals surface area contributed by atoms with Crippen LogP contribution in [0.4, 0.5) is 0 Å². The van der Waals surface area contributed by atoms with Crippen molar-refractivity contribution >= 4 is 0 Å². The largest absolute Gasteiger partial charge is 3.00 e. The average molecular weight is 361 g/mol. The second-order valence-corrected chi connectivity index (χ2v) is 5.46. The quantitative estimate of drug-likeness (QED) is 0.809. The fraction of sp³-hybridized carbons (Fsp3) is 0.667. The van der Waals surface area contributed by atoms with Crippen molar-refractivity contribution in [1.29, 1.82) is 0 Å². The smallest absolute Gasteiger partial charge is 0.852 e. The Hall–Kier alpha value is -0.226. The molecule has 0 aromatic heterocycles. The molecule has 4 nitrogen and oxygen atoms in total. The van der Waals surface area contributed by atoms with Crippen molar-refractivity contribution in [3.05, 3.63) is 35.9 Å². The Morgan fingerprint density at radius 1 is 0.783 bits per heavy atom. The summed E-state index contributed by atoms with van der Waals surface area (Å²) in [6.45, 7) is 9.95. The first-order valence-corrected chi connectivity index (χ1v) is 7.75. The van der Waals surface area contributed by atoms with Crippen LogP contribution in [0.2, 0.25) is 0 Å². The summed E-state index contributed by atoms with van der Waals surface area (Å²) >= 11 is 0. The van der Waals surface area contributed by atoms with E-state index in [0.717, 1.165) is 12.8 Å². The summed E-state index contributed by atoms with van der Waals surface area (Å²) in [6, 6.07) is 10.2. The molecule has 0 amide bonds. The normalized spacial score (nSPS) is 8.91. The van der Waals surface area contributed by atoms with Crippen molar-refractivity contribution in [3.63, 3.8) is 0 Å². The summed E-state index contributed by atoms with van der Waals surface area (Å²) in [6.07, 6.45) is 0.599. The molecule has 0 spiro atoms. The predicted octanol–water partition coefficient (Wildman–Crippen LogP) is 0.874. The van der Waals surface area contributed by atoms with Crippen LogP contribution in [0.1, 0.15) is 53.5 Å². The number of aliphatic hydroxyl groups excluding tert-OH is 1. The molecule has 0 saturated carbocycles. The molecule has 133 valence electrons. The summed E-state index contributed by atoms with van der Waals surface area (Å²) in [7, 11) is 0. The number of rotatable bonds is 3. The third-order valence-corrected chi connectivity index (χ3v) is 1.47. The van der Waals surface area contributed by atoms with Gasteiger partial charge in [-0.05, 0) is 18.4 Å². The molecule has 0 aliphatic heterocycles. The van der Waals surface area contributed by atoms with Gasteiger partial charge >= 0.3 is 21.7 Å². The molecule has 1 rings (SSSR count). The number of benzene rings is 1. The van der Waals surface area contributed by atoms with E-state index in [1.54, 1.807) is 41.5 Å². The van der Waals surface area contributed by atoms with E-state index in [1.165, 1.54) is 5.56 Å². The van der Waals surface area contributed by atoms with Gasteiger partial charge in [0.1, 0.15) is 0 Å². The number of hydrogen-bond acceptors (Lipinski definition) is 4. The monoisotopic (exact) mass is 361 g/mol. The minimum atomic E-state index is -0.417. The summed E-state index contributed by atoms with van der Waals surface area (Å²) in [5, 5.41) is 37.1. The summed E-state index contributed by atoms with van der Waals surface area (Å²) in [4.78, 5) is 0. The minimum absolute atomic E-state index is 0. The Labute approximate surface area is 157 Å². The molecule has 5 heteroatoms. The van der Waals surface area contributed by atoms with E-state index in [0.29, 0.717) is 0 Å². The number of aryl methyl sites for hydroxylation is 1. The fourth-order valence-corrected chi connectivity index (χ4v) is 0.928. The predicted molar refractivity (Wildman–Crippen MR) is 87.3 cm³/mol. The van der Waals surface area contributed by atoms with E-state index in [4.69, 9.17) is 5.11 Å². The van der Waals surface area contributed by atoms with Crippen molar-refractivity contribution in [2.45, 2.75) is 72.7 Å². The standard InChI is InChI=1S/C9H12O.3C3H7O.Ti/c10-8-4-7-9-5-2-1-3-6-9;3*1-3(2)4;/h1-3,5-6,10H,4,7-8H2;3*3H,1-2H3;/q;3*-1;+3. The first-order chi connectivity index (χ1) is 10.1.